The number of aromatic carboxylic acids is 1. The first-order chi connectivity index (χ1) is 9.90. The number of carboxylic acids is 1. The van der Waals surface area contributed by atoms with Gasteiger partial charge in [-0.25, -0.2) is 9.18 Å². The number of nitro benzene ring substituents is 1. The monoisotopic (exact) mass is 355 g/mol. The van der Waals surface area contributed by atoms with Crippen LogP contribution in [0, 0.1) is 15.9 Å². The Kier molecular flexibility index (Phi) is 4.18. The van der Waals surface area contributed by atoms with E-state index in [1.165, 1.54) is 24.3 Å². The van der Waals surface area contributed by atoms with Gasteiger partial charge in [0.2, 0.25) is 5.75 Å². The van der Waals surface area contributed by atoms with E-state index in [1.807, 2.05) is 0 Å². The standard InChI is InChI=1S/C13H7BrFNO5/c14-9-6-7(4-5-8(9)13(17)18)21-12-10(15)2-1-3-11(12)16(19)20/h1-6H,(H,17,18). The number of ether oxygens (including phenoxy) is 1. The summed E-state index contributed by atoms with van der Waals surface area (Å²) in [6.45, 7) is 0. The summed E-state index contributed by atoms with van der Waals surface area (Å²) in [5, 5.41) is 19.7. The topological polar surface area (TPSA) is 89.7 Å². The molecule has 0 amide bonds. The number of benzene rings is 2. The number of rotatable bonds is 4. The Balaban J connectivity index is 2.41. The van der Waals surface area contributed by atoms with Crippen LogP contribution in [0.1, 0.15) is 10.4 Å². The molecule has 21 heavy (non-hydrogen) atoms. The molecule has 0 atom stereocenters. The molecule has 0 heterocycles. The summed E-state index contributed by atoms with van der Waals surface area (Å²) in [6, 6.07) is 7.16. The highest BCUT2D eigenvalue weighted by Gasteiger charge is 2.20. The fraction of sp³-hybridized carbons (Fsp3) is 0. The van der Waals surface area contributed by atoms with E-state index in [2.05, 4.69) is 15.9 Å². The van der Waals surface area contributed by atoms with Crippen LogP contribution in [0.2, 0.25) is 0 Å². The van der Waals surface area contributed by atoms with Gasteiger partial charge in [-0.2, -0.15) is 0 Å². The molecule has 2 rings (SSSR count). The van der Waals surface area contributed by atoms with E-state index < -0.39 is 28.1 Å². The number of nitro groups is 1. The van der Waals surface area contributed by atoms with Crippen molar-refractivity contribution < 1.29 is 24.0 Å². The van der Waals surface area contributed by atoms with Gasteiger partial charge in [0.15, 0.2) is 5.82 Å². The van der Waals surface area contributed by atoms with Gasteiger partial charge in [-0.3, -0.25) is 10.1 Å². The Morgan fingerprint density at radius 3 is 2.62 bits per heavy atom. The third-order valence-electron chi connectivity index (χ3n) is 2.53. The molecule has 0 saturated carbocycles. The third kappa shape index (κ3) is 3.16. The van der Waals surface area contributed by atoms with E-state index in [4.69, 9.17) is 9.84 Å². The van der Waals surface area contributed by atoms with Gasteiger partial charge in [0.05, 0.1) is 10.5 Å². The van der Waals surface area contributed by atoms with Crippen LogP contribution in [0.15, 0.2) is 40.9 Å². The molecule has 108 valence electrons. The number of hydrogen-bond acceptors (Lipinski definition) is 4. The lowest BCUT2D eigenvalue weighted by Gasteiger charge is -2.08. The molecule has 0 fully saturated rings. The number of carboxylic acid groups (broad SMARTS) is 1. The molecule has 0 radical (unpaired) electrons. The van der Waals surface area contributed by atoms with Gasteiger partial charge in [-0.05, 0) is 40.2 Å². The molecule has 8 heteroatoms. The third-order valence-corrected chi connectivity index (χ3v) is 3.19. The second-order valence-electron chi connectivity index (χ2n) is 3.89. The second-order valence-corrected chi connectivity index (χ2v) is 4.75. The Bertz CT molecular complexity index is 734. The first kappa shape index (κ1) is 14.9. The highest BCUT2D eigenvalue weighted by Crippen LogP contribution is 2.35. The number of nitrogens with zero attached hydrogens (tertiary/aromatic N) is 1. The average Bonchev–Trinajstić information content (AvgIpc) is 2.40. The van der Waals surface area contributed by atoms with Crippen LogP contribution in [0.5, 0.6) is 11.5 Å². The van der Waals surface area contributed by atoms with Gasteiger partial charge in [0.1, 0.15) is 5.75 Å². The second kappa shape index (κ2) is 5.88. The van der Waals surface area contributed by atoms with Crippen molar-refractivity contribution in [3.8, 4) is 11.5 Å². The van der Waals surface area contributed by atoms with Crippen LogP contribution >= 0.6 is 15.9 Å². The maximum atomic E-state index is 13.7. The zero-order chi connectivity index (χ0) is 15.6. The van der Waals surface area contributed by atoms with E-state index in [-0.39, 0.29) is 15.8 Å². The van der Waals surface area contributed by atoms with E-state index in [1.54, 1.807) is 0 Å². The van der Waals surface area contributed by atoms with Crippen molar-refractivity contribution in [2.45, 2.75) is 0 Å². The minimum absolute atomic E-state index is 0.00890. The van der Waals surface area contributed by atoms with Crippen molar-refractivity contribution in [2.75, 3.05) is 0 Å². The Morgan fingerprint density at radius 2 is 2.05 bits per heavy atom. The average molecular weight is 356 g/mol. The van der Waals surface area contributed by atoms with Crippen LogP contribution in [0.4, 0.5) is 10.1 Å². The van der Waals surface area contributed by atoms with Gasteiger partial charge >= 0.3 is 11.7 Å². The van der Waals surface area contributed by atoms with Gasteiger partial charge in [-0.15, -0.1) is 0 Å². The molecule has 0 aliphatic heterocycles. The number of hydrogen-bond donors (Lipinski definition) is 1. The first-order valence-corrected chi connectivity index (χ1v) is 6.33. The lowest BCUT2D eigenvalue weighted by Crippen LogP contribution is -1.99. The Morgan fingerprint density at radius 1 is 1.33 bits per heavy atom. The van der Waals surface area contributed by atoms with Crippen molar-refractivity contribution >= 4 is 27.6 Å². The fourth-order valence-electron chi connectivity index (χ4n) is 1.59. The summed E-state index contributed by atoms with van der Waals surface area (Å²) in [7, 11) is 0. The predicted molar refractivity (Wildman–Crippen MR) is 74.2 cm³/mol. The predicted octanol–water partition coefficient (Wildman–Crippen LogP) is 3.99. The van der Waals surface area contributed by atoms with Crippen molar-refractivity contribution in [1.29, 1.82) is 0 Å². The molecule has 6 nitrogen and oxygen atoms in total. The molecule has 0 bridgehead atoms. The molecule has 0 aliphatic rings. The van der Waals surface area contributed by atoms with E-state index >= 15 is 0 Å². The van der Waals surface area contributed by atoms with Gasteiger partial charge < -0.3 is 9.84 Å². The van der Waals surface area contributed by atoms with Gasteiger partial charge in [0.25, 0.3) is 0 Å². The van der Waals surface area contributed by atoms with Crippen molar-refractivity contribution in [3.63, 3.8) is 0 Å². The quantitative estimate of drug-likeness (QED) is 0.661. The maximum absolute atomic E-state index is 13.7. The largest absolute Gasteiger partial charge is 0.478 e. The lowest BCUT2D eigenvalue weighted by molar-refractivity contribution is -0.385. The Labute approximate surface area is 126 Å². The zero-order valence-corrected chi connectivity index (χ0v) is 11.8. The fourth-order valence-corrected chi connectivity index (χ4v) is 2.12. The summed E-state index contributed by atoms with van der Waals surface area (Å²) in [4.78, 5) is 21.0. The first-order valence-electron chi connectivity index (χ1n) is 5.53. The van der Waals surface area contributed by atoms with E-state index in [0.29, 0.717) is 0 Å². The molecular weight excluding hydrogens is 349 g/mol. The van der Waals surface area contributed by atoms with Crippen LogP contribution in [-0.4, -0.2) is 16.0 Å². The number of carbonyl (C=O) groups is 1. The highest BCUT2D eigenvalue weighted by atomic mass is 79.9. The molecule has 2 aromatic rings. The normalized spacial score (nSPS) is 10.2. The molecular formula is C13H7BrFNO5. The summed E-state index contributed by atoms with van der Waals surface area (Å²) in [6.07, 6.45) is 0. The molecule has 0 aromatic heterocycles. The molecule has 2 aromatic carbocycles. The summed E-state index contributed by atoms with van der Waals surface area (Å²) in [5.74, 6) is -2.49. The molecule has 0 unspecified atom stereocenters. The van der Waals surface area contributed by atoms with Crippen molar-refractivity contribution in [2.24, 2.45) is 0 Å². The smallest absolute Gasteiger partial charge is 0.336 e. The van der Waals surface area contributed by atoms with E-state index in [9.17, 15) is 19.3 Å². The number of halogens is 2. The number of para-hydroxylation sites is 1. The molecule has 0 aliphatic carbocycles. The maximum Gasteiger partial charge on any atom is 0.336 e. The van der Waals surface area contributed by atoms with Gasteiger partial charge in [-0.1, -0.05) is 6.07 Å². The minimum Gasteiger partial charge on any atom is -0.478 e. The summed E-state index contributed by atoms with van der Waals surface area (Å²) in [5.41, 5.74) is -0.529. The minimum atomic E-state index is -1.15. The highest BCUT2D eigenvalue weighted by molar-refractivity contribution is 9.10. The van der Waals surface area contributed by atoms with Gasteiger partial charge in [0, 0.05) is 10.5 Å². The molecule has 0 saturated heterocycles. The molecule has 1 N–H and O–H groups in total. The Hall–Kier alpha value is -2.48. The lowest BCUT2D eigenvalue weighted by atomic mass is 10.2. The summed E-state index contributed by atoms with van der Waals surface area (Å²) >= 11 is 3.04. The van der Waals surface area contributed by atoms with Crippen LogP contribution in [-0.2, 0) is 0 Å². The molecule has 0 spiro atoms. The van der Waals surface area contributed by atoms with Crippen LogP contribution < -0.4 is 4.74 Å². The van der Waals surface area contributed by atoms with Crippen LogP contribution in [0.25, 0.3) is 0 Å². The van der Waals surface area contributed by atoms with E-state index in [0.717, 1.165) is 12.1 Å². The van der Waals surface area contributed by atoms with Crippen molar-refractivity contribution in [1.82, 2.24) is 0 Å². The summed E-state index contributed by atoms with van der Waals surface area (Å²) < 4.78 is 19.1. The van der Waals surface area contributed by atoms with Crippen LogP contribution in [0.3, 0.4) is 0 Å². The SMILES string of the molecule is O=C(O)c1ccc(Oc2c(F)cccc2[N+](=O)[O-])cc1Br. The van der Waals surface area contributed by atoms with Crippen molar-refractivity contribution in [3.05, 3.63) is 62.4 Å². The zero-order valence-electron chi connectivity index (χ0n) is 10.2.